The normalized spacial score (nSPS) is 15.0. The Morgan fingerprint density at radius 2 is 2.06 bits per heavy atom. The van der Waals surface area contributed by atoms with Crippen LogP contribution in [0.4, 0.5) is 15.2 Å². The van der Waals surface area contributed by atoms with Crippen molar-refractivity contribution in [2.75, 3.05) is 30.4 Å². The molecular formula is C24H26FN3O4S2. The minimum atomic E-state index is -1.69. The molecular weight excluding hydrogens is 477 g/mol. The fourth-order valence-electron chi connectivity index (χ4n) is 3.78. The second-order valence-corrected chi connectivity index (χ2v) is 10.2. The first-order chi connectivity index (χ1) is 16.4. The number of ether oxygens (including phenoxy) is 2. The average Bonchev–Trinajstić information content (AvgIpc) is 3.18. The van der Waals surface area contributed by atoms with Crippen LogP contribution in [-0.2, 0) is 20.5 Å². The number of methoxy groups -OCH3 is 1. The summed E-state index contributed by atoms with van der Waals surface area (Å²) in [4.78, 5) is 18.3. The molecule has 2 heterocycles. The van der Waals surface area contributed by atoms with Crippen molar-refractivity contribution in [2.45, 2.75) is 31.1 Å². The van der Waals surface area contributed by atoms with Gasteiger partial charge in [0, 0.05) is 25.3 Å². The van der Waals surface area contributed by atoms with Gasteiger partial charge < -0.3 is 19.5 Å². The molecule has 0 bridgehead atoms. The minimum Gasteiger partial charge on any atom is -0.495 e. The third-order valence-corrected chi connectivity index (χ3v) is 7.78. The number of nitrogens with one attached hydrogen (secondary N) is 2. The first-order valence-electron chi connectivity index (χ1n) is 10.9. The molecule has 1 atom stereocenters. The van der Waals surface area contributed by atoms with Gasteiger partial charge in [-0.2, -0.15) is 0 Å². The second kappa shape index (κ2) is 11.1. The maximum Gasteiger partial charge on any atom is 0.226 e. The van der Waals surface area contributed by atoms with E-state index < -0.39 is 16.8 Å². The average molecular weight is 504 g/mol. The molecule has 1 aliphatic heterocycles. The van der Waals surface area contributed by atoms with E-state index in [4.69, 9.17) is 9.47 Å². The van der Waals surface area contributed by atoms with E-state index >= 15 is 0 Å². The van der Waals surface area contributed by atoms with E-state index in [2.05, 4.69) is 15.0 Å². The number of hydrogen-bond acceptors (Lipinski definition) is 6. The van der Waals surface area contributed by atoms with E-state index in [0.717, 1.165) is 29.0 Å². The summed E-state index contributed by atoms with van der Waals surface area (Å²) >= 11 is 1.37. The molecule has 1 saturated heterocycles. The van der Waals surface area contributed by atoms with Crippen LogP contribution in [0.25, 0.3) is 10.4 Å². The maximum atomic E-state index is 13.5. The number of carbonyl (C=O) groups is 1. The highest BCUT2D eigenvalue weighted by Gasteiger charge is 2.20. The largest absolute Gasteiger partial charge is 0.495 e. The summed E-state index contributed by atoms with van der Waals surface area (Å²) < 4.78 is 40.1. The van der Waals surface area contributed by atoms with Crippen LogP contribution in [0.2, 0.25) is 0 Å². The van der Waals surface area contributed by atoms with Gasteiger partial charge in [0.1, 0.15) is 16.5 Å². The highest BCUT2D eigenvalue weighted by Crippen LogP contribution is 2.36. The van der Waals surface area contributed by atoms with Crippen molar-refractivity contribution < 1.29 is 22.9 Å². The van der Waals surface area contributed by atoms with Gasteiger partial charge in [0.15, 0.2) is 16.1 Å². The molecule has 1 fully saturated rings. The van der Waals surface area contributed by atoms with Gasteiger partial charge in [-0.05, 0) is 67.6 Å². The number of aryl methyl sites for hydroxylation is 1. The van der Waals surface area contributed by atoms with Crippen LogP contribution in [0.3, 0.4) is 0 Å². The Hall–Kier alpha value is -2.82. The van der Waals surface area contributed by atoms with E-state index in [0.29, 0.717) is 47.0 Å². The highest BCUT2D eigenvalue weighted by molar-refractivity contribution is 7.86. The molecule has 2 aromatic carbocycles. The van der Waals surface area contributed by atoms with E-state index in [1.54, 1.807) is 24.3 Å². The van der Waals surface area contributed by atoms with Crippen LogP contribution in [0.5, 0.6) is 5.75 Å². The molecule has 10 heteroatoms. The van der Waals surface area contributed by atoms with Crippen molar-refractivity contribution in [1.82, 2.24) is 4.98 Å². The van der Waals surface area contributed by atoms with Gasteiger partial charge in [-0.25, -0.2) is 13.6 Å². The fraction of sp³-hybridized carbons (Fsp3) is 0.333. The molecule has 0 aliphatic carbocycles. The van der Waals surface area contributed by atoms with Crippen molar-refractivity contribution in [3.05, 3.63) is 54.0 Å². The molecule has 2 N–H and O–H groups in total. The van der Waals surface area contributed by atoms with Gasteiger partial charge in [0.2, 0.25) is 5.91 Å². The predicted octanol–water partition coefficient (Wildman–Crippen LogP) is 5.16. The summed E-state index contributed by atoms with van der Waals surface area (Å²) in [6.45, 7) is 3.27. The van der Waals surface area contributed by atoms with E-state index in [9.17, 15) is 13.4 Å². The van der Waals surface area contributed by atoms with Crippen molar-refractivity contribution >= 4 is 39.0 Å². The van der Waals surface area contributed by atoms with Gasteiger partial charge >= 0.3 is 0 Å². The van der Waals surface area contributed by atoms with Crippen LogP contribution in [0.1, 0.15) is 25.0 Å². The number of hydrogen-bond donors (Lipinski definition) is 2. The lowest BCUT2D eigenvalue weighted by atomic mass is 9.96. The molecule has 34 heavy (non-hydrogen) atoms. The molecule has 1 aliphatic rings. The monoisotopic (exact) mass is 503 g/mol. The van der Waals surface area contributed by atoms with Gasteiger partial charge in [0.05, 0.1) is 17.7 Å². The zero-order valence-electron chi connectivity index (χ0n) is 18.9. The first kappa shape index (κ1) is 24.3. The summed E-state index contributed by atoms with van der Waals surface area (Å²) in [5.74, 6) is 0.301. The zero-order chi connectivity index (χ0) is 24.1. The Bertz CT molecular complexity index is 1190. The molecule has 0 saturated carbocycles. The number of anilines is 2. The van der Waals surface area contributed by atoms with Crippen LogP contribution >= 0.6 is 11.3 Å². The third kappa shape index (κ3) is 5.99. The van der Waals surface area contributed by atoms with Crippen molar-refractivity contribution in [2.24, 2.45) is 5.92 Å². The standard InChI is InChI=1S/C24H26FN3O4S2/c1-15-23(33-24(26-15)27-22(29)12-16-8-10-32-11-9-16)17-6-7-20(31-2)21(13-17)34(30)28-19-5-3-4-18(25)14-19/h3-7,13-14,16,28H,8-12H2,1-2H3,(H,26,27,29). The van der Waals surface area contributed by atoms with Crippen molar-refractivity contribution in [1.29, 1.82) is 0 Å². The quantitative estimate of drug-likeness (QED) is 0.443. The number of halogens is 1. The van der Waals surface area contributed by atoms with Crippen LogP contribution in [-0.4, -0.2) is 35.4 Å². The summed E-state index contributed by atoms with van der Waals surface area (Å²) in [6.07, 6.45) is 2.24. The summed E-state index contributed by atoms with van der Waals surface area (Å²) in [6, 6.07) is 11.1. The molecule has 0 radical (unpaired) electrons. The van der Waals surface area contributed by atoms with Gasteiger partial charge in [0.25, 0.3) is 0 Å². The number of aromatic nitrogens is 1. The number of amides is 1. The zero-order valence-corrected chi connectivity index (χ0v) is 20.6. The molecule has 4 rings (SSSR count). The van der Waals surface area contributed by atoms with Crippen LogP contribution < -0.4 is 14.8 Å². The molecule has 3 aromatic rings. The van der Waals surface area contributed by atoms with Gasteiger partial charge in [-0.1, -0.05) is 17.4 Å². The summed E-state index contributed by atoms with van der Waals surface area (Å²) in [5, 5.41) is 3.44. The van der Waals surface area contributed by atoms with E-state index in [1.807, 2.05) is 13.0 Å². The topological polar surface area (TPSA) is 89.6 Å². The first-order valence-corrected chi connectivity index (χ1v) is 12.9. The SMILES string of the molecule is COc1ccc(-c2sc(NC(=O)CC3CCOCC3)nc2C)cc1S(=O)Nc1cccc(F)c1. The third-order valence-electron chi connectivity index (χ3n) is 5.52. The molecule has 180 valence electrons. The fourth-order valence-corrected chi connectivity index (χ4v) is 5.78. The number of carbonyl (C=O) groups excluding carboxylic acids is 1. The van der Waals surface area contributed by atoms with Gasteiger partial charge in [-0.15, -0.1) is 0 Å². The lowest BCUT2D eigenvalue weighted by Gasteiger charge is -2.20. The van der Waals surface area contributed by atoms with Gasteiger partial charge in [-0.3, -0.25) is 4.79 Å². The van der Waals surface area contributed by atoms with Crippen molar-refractivity contribution in [3.8, 4) is 16.2 Å². The Balaban J connectivity index is 1.52. The molecule has 1 amide bonds. The number of rotatable bonds is 8. The maximum absolute atomic E-state index is 13.5. The Morgan fingerprint density at radius 1 is 1.26 bits per heavy atom. The lowest BCUT2D eigenvalue weighted by molar-refractivity contribution is -0.117. The van der Waals surface area contributed by atoms with Crippen LogP contribution in [0, 0.1) is 18.7 Å². The minimum absolute atomic E-state index is 0.0528. The van der Waals surface area contributed by atoms with Crippen LogP contribution in [0.15, 0.2) is 47.4 Å². The number of benzene rings is 2. The second-order valence-electron chi connectivity index (χ2n) is 7.99. The predicted molar refractivity (Wildman–Crippen MR) is 132 cm³/mol. The van der Waals surface area contributed by atoms with Crippen molar-refractivity contribution in [3.63, 3.8) is 0 Å². The number of nitrogens with zero attached hydrogens (tertiary/aromatic N) is 1. The Kier molecular flexibility index (Phi) is 7.91. The van der Waals surface area contributed by atoms with E-state index in [1.165, 1.54) is 30.6 Å². The molecule has 1 unspecified atom stereocenters. The van der Waals surface area contributed by atoms with E-state index in [-0.39, 0.29) is 5.91 Å². The lowest BCUT2D eigenvalue weighted by Crippen LogP contribution is -2.22. The molecule has 7 nitrogen and oxygen atoms in total. The molecule has 1 aromatic heterocycles. The summed E-state index contributed by atoms with van der Waals surface area (Å²) in [5.41, 5.74) is 1.95. The molecule has 0 spiro atoms. The Morgan fingerprint density at radius 3 is 2.79 bits per heavy atom. The summed E-state index contributed by atoms with van der Waals surface area (Å²) in [7, 11) is -0.187. The smallest absolute Gasteiger partial charge is 0.226 e. The number of thiazole rings is 1. The Labute approximate surface area is 204 Å². The highest BCUT2D eigenvalue weighted by atomic mass is 32.2.